The first-order valence-corrected chi connectivity index (χ1v) is 9.89. The van der Waals surface area contributed by atoms with E-state index in [1.54, 1.807) is 0 Å². The summed E-state index contributed by atoms with van der Waals surface area (Å²) < 4.78 is 11.3. The summed E-state index contributed by atoms with van der Waals surface area (Å²) in [6.07, 6.45) is 1.47. The van der Waals surface area contributed by atoms with Crippen molar-refractivity contribution < 1.29 is 19.4 Å². The van der Waals surface area contributed by atoms with Gasteiger partial charge in [0.1, 0.15) is 19.1 Å². The third-order valence-electron chi connectivity index (χ3n) is 5.51. The van der Waals surface area contributed by atoms with Gasteiger partial charge in [0.2, 0.25) is 0 Å². The fourth-order valence-electron chi connectivity index (χ4n) is 4.10. The Hall–Kier alpha value is -3.05. The maximum atomic E-state index is 12.6. The first-order valence-electron chi connectivity index (χ1n) is 9.89. The van der Waals surface area contributed by atoms with Crippen molar-refractivity contribution in [1.29, 1.82) is 0 Å². The van der Waals surface area contributed by atoms with Crippen molar-refractivity contribution in [2.75, 3.05) is 25.3 Å². The lowest BCUT2D eigenvalue weighted by Crippen LogP contribution is -2.25. The number of nitrogens with zero attached hydrogens (tertiary/aromatic N) is 1. The molecule has 150 valence electrons. The number of hydrogen-bond acceptors (Lipinski definition) is 5. The minimum Gasteiger partial charge on any atom is -0.488 e. The lowest BCUT2D eigenvalue weighted by Gasteiger charge is -2.26. The molecule has 0 aliphatic carbocycles. The summed E-state index contributed by atoms with van der Waals surface area (Å²) in [5.74, 6) is 0.0995. The standard InChI is InChI=1S/C24H25NO4/c1-28-24(27)20-12-7-13-25(16-26)23-19-11-6-5-10-18(19)22(14-21(20)23)29-15-17-8-3-2-4-9-17/h2-6,8-11,14,20,26H,7,12-13,15-16H2,1H3. The number of fused-ring (bicyclic) bond motifs is 3. The Balaban J connectivity index is 1.86. The van der Waals surface area contributed by atoms with E-state index in [-0.39, 0.29) is 18.6 Å². The third-order valence-corrected chi connectivity index (χ3v) is 5.51. The van der Waals surface area contributed by atoms with E-state index in [1.165, 1.54) is 7.11 Å². The van der Waals surface area contributed by atoms with Gasteiger partial charge >= 0.3 is 5.97 Å². The maximum absolute atomic E-state index is 12.6. The molecule has 0 saturated carbocycles. The van der Waals surface area contributed by atoms with E-state index in [0.29, 0.717) is 19.6 Å². The van der Waals surface area contributed by atoms with Crippen molar-refractivity contribution in [2.45, 2.75) is 25.4 Å². The number of aliphatic hydroxyl groups is 1. The van der Waals surface area contributed by atoms with Gasteiger partial charge in [0.15, 0.2) is 0 Å². The maximum Gasteiger partial charge on any atom is 0.313 e. The number of aliphatic hydroxyl groups excluding tert-OH is 1. The monoisotopic (exact) mass is 391 g/mol. The topological polar surface area (TPSA) is 59.0 Å². The van der Waals surface area contributed by atoms with Crippen LogP contribution < -0.4 is 9.64 Å². The molecule has 5 heteroatoms. The SMILES string of the molecule is COC(=O)C1CCCN(CO)c2c1cc(OCc1ccccc1)c1ccccc21. The molecule has 0 saturated heterocycles. The Labute approximate surface area is 170 Å². The second kappa shape index (κ2) is 8.53. The van der Waals surface area contributed by atoms with Crippen LogP contribution in [0.25, 0.3) is 10.8 Å². The third kappa shape index (κ3) is 3.78. The van der Waals surface area contributed by atoms with Crippen molar-refractivity contribution in [3.8, 4) is 5.75 Å². The van der Waals surface area contributed by atoms with Crippen LogP contribution in [-0.4, -0.2) is 31.5 Å². The molecule has 1 N–H and O–H groups in total. The lowest BCUT2D eigenvalue weighted by atomic mass is 9.91. The molecule has 4 rings (SSSR count). The first kappa shape index (κ1) is 19.3. The number of esters is 1. The summed E-state index contributed by atoms with van der Waals surface area (Å²) in [7, 11) is 1.42. The zero-order valence-corrected chi connectivity index (χ0v) is 16.5. The molecule has 29 heavy (non-hydrogen) atoms. The average Bonchev–Trinajstić information content (AvgIpc) is 2.97. The van der Waals surface area contributed by atoms with Gasteiger partial charge in [-0.05, 0) is 30.0 Å². The van der Waals surface area contributed by atoms with Gasteiger partial charge in [0.25, 0.3) is 0 Å². The minimum absolute atomic E-state index is 0.102. The minimum atomic E-state index is -0.379. The van der Waals surface area contributed by atoms with Crippen LogP contribution >= 0.6 is 0 Å². The van der Waals surface area contributed by atoms with Crippen molar-refractivity contribution in [3.05, 3.63) is 71.8 Å². The molecule has 3 aromatic rings. The zero-order valence-electron chi connectivity index (χ0n) is 16.5. The number of benzene rings is 3. The molecule has 3 aromatic carbocycles. The highest BCUT2D eigenvalue weighted by atomic mass is 16.5. The number of carbonyl (C=O) groups is 1. The summed E-state index contributed by atoms with van der Waals surface area (Å²) in [4.78, 5) is 14.5. The van der Waals surface area contributed by atoms with Crippen LogP contribution in [0, 0.1) is 0 Å². The van der Waals surface area contributed by atoms with Crippen LogP contribution in [0.5, 0.6) is 5.75 Å². The molecule has 1 heterocycles. The van der Waals surface area contributed by atoms with E-state index >= 15 is 0 Å². The summed E-state index contributed by atoms with van der Waals surface area (Å²) in [6, 6.07) is 19.9. The second-order valence-electron chi connectivity index (χ2n) is 7.26. The van der Waals surface area contributed by atoms with Gasteiger partial charge < -0.3 is 19.5 Å². The smallest absolute Gasteiger partial charge is 0.313 e. The second-order valence-corrected chi connectivity index (χ2v) is 7.26. The summed E-state index contributed by atoms with van der Waals surface area (Å²) >= 11 is 0. The van der Waals surface area contributed by atoms with Gasteiger partial charge in [-0.2, -0.15) is 0 Å². The van der Waals surface area contributed by atoms with E-state index in [4.69, 9.17) is 9.47 Å². The lowest BCUT2D eigenvalue weighted by molar-refractivity contribution is -0.142. The highest BCUT2D eigenvalue weighted by Crippen LogP contribution is 2.44. The van der Waals surface area contributed by atoms with E-state index in [9.17, 15) is 9.90 Å². The Bertz CT molecular complexity index is 1000. The summed E-state index contributed by atoms with van der Waals surface area (Å²) in [5, 5.41) is 11.9. The predicted molar refractivity (Wildman–Crippen MR) is 113 cm³/mol. The van der Waals surface area contributed by atoms with Crippen LogP contribution in [0.3, 0.4) is 0 Å². The molecule has 1 aliphatic rings. The molecule has 0 fully saturated rings. The van der Waals surface area contributed by atoms with Gasteiger partial charge in [0, 0.05) is 17.3 Å². The van der Waals surface area contributed by atoms with Crippen LogP contribution in [-0.2, 0) is 16.1 Å². The first-order chi connectivity index (χ1) is 14.2. The van der Waals surface area contributed by atoms with Crippen LogP contribution in [0.15, 0.2) is 60.7 Å². The molecule has 0 aromatic heterocycles. The number of carbonyl (C=O) groups excluding carboxylic acids is 1. The van der Waals surface area contributed by atoms with Crippen molar-refractivity contribution in [2.24, 2.45) is 0 Å². The molecule has 0 amide bonds. The van der Waals surface area contributed by atoms with E-state index < -0.39 is 0 Å². The van der Waals surface area contributed by atoms with E-state index in [1.807, 2.05) is 65.6 Å². The number of ether oxygens (including phenoxy) is 2. The Kier molecular flexibility index (Phi) is 5.67. The van der Waals surface area contributed by atoms with Crippen molar-refractivity contribution in [3.63, 3.8) is 0 Å². The molecule has 0 bridgehead atoms. The highest BCUT2D eigenvalue weighted by Gasteiger charge is 2.31. The van der Waals surface area contributed by atoms with Crippen LogP contribution in [0.4, 0.5) is 5.69 Å². The quantitative estimate of drug-likeness (QED) is 0.660. The Morgan fingerprint density at radius 1 is 1.10 bits per heavy atom. The summed E-state index contributed by atoms with van der Waals surface area (Å²) in [5.41, 5.74) is 2.82. The highest BCUT2D eigenvalue weighted by molar-refractivity contribution is 6.01. The molecule has 1 aliphatic heterocycles. The Morgan fingerprint density at radius 2 is 1.83 bits per heavy atom. The van der Waals surface area contributed by atoms with Crippen molar-refractivity contribution >= 4 is 22.4 Å². The van der Waals surface area contributed by atoms with E-state index in [2.05, 4.69) is 0 Å². The predicted octanol–water partition coefficient (Wildman–Crippen LogP) is 4.23. The normalized spacial score (nSPS) is 16.2. The molecular formula is C24H25NO4. The molecule has 5 nitrogen and oxygen atoms in total. The van der Waals surface area contributed by atoms with E-state index in [0.717, 1.165) is 39.8 Å². The van der Waals surface area contributed by atoms with Crippen LogP contribution in [0.1, 0.15) is 29.9 Å². The van der Waals surface area contributed by atoms with Gasteiger partial charge in [-0.25, -0.2) is 0 Å². The van der Waals surface area contributed by atoms with Gasteiger partial charge in [-0.1, -0.05) is 54.6 Å². The fourth-order valence-corrected chi connectivity index (χ4v) is 4.10. The number of methoxy groups -OCH3 is 1. The van der Waals surface area contributed by atoms with Gasteiger partial charge in [-0.3, -0.25) is 4.79 Å². The largest absolute Gasteiger partial charge is 0.488 e. The number of anilines is 1. The van der Waals surface area contributed by atoms with Crippen molar-refractivity contribution in [1.82, 2.24) is 0 Å². The van der Waals surface area contributed by atoms with Crippen LogP contribution in [0.2, 0.25) is 0 Å². The molecule has 1 unspecified atom stereocenters. The molecule has 0 spiro atoms. The molecular weight excluding hydrogens is 366 g/mol. The molecule has 1 atom stereocenters. The van der Waals surface area contributed by atoms with Gasteiger partial charge in [0.05, 0.1) is 18.7 Å². The van der Waals surface area contributed by atoms with Gasteiger partial charge in [-0.15, -0.1) is 0 Å². The fraction of sp³-hybridized carbons (Fsp3) is 0.292. The Morgan fingerprint density at radius 3 is 2.55 bits per heavy atom. The summed E-state index contributed by atoms with van der Waals surface area (Å²) in [6.45, 7) is 1.02. The number of rotatable bonds is 5. The number of hydrogen-bond donors (Lipinski definition) is 1. The zero-order chi connectivity index (χ0) is 20.2. The average molecular weight is 391 g/mol. The molecule has 0 radical (unpaired) electrons.